The van der Waals surface area contributed by atoms with Gasteiger partial charge in [-0.25, -0.2) is 4.98 Å². The highest BCUT2D eigenvalue weighted by Gasteiger charge is 2.22. The van der Waals surface area contributed by atoms with E-state index in [1.54, 1.807) is 6.92 Å². The maximum atomic E-state index is 13.0. The van der Waals surface area contributed by atoms with Gasteiger partial charge >= 0.3 is 0 Å². The molecular weight excluding hydrogens is 382 g/mol. The van der Waals surface area contributed by atoms with Crippen LogP contribution in [0, 0.1) is 27.7 Å². The molecule has 29 heavy (non-hydrogen) atoms. The van der Waals surface area contributed by atoms with Crippen molar-refractivity contribution in [2.45, 2.75) is 27.7 Å². The second-order valence-corrected chi connectivity index (χ2v) is 7.95. The fraction of sp³-hybridized carbons (Fsp3) is 0.174. The summed E-state index contributed by atoms with van der Waals surface area (Å²) in [6, 6.07) is 13.8. The minimum atomic E-state index is -0.277. The van der Waals surface area contributed by atoms with Crippen molar-refractivity contribution < 1.29 is 9.32 Å². The van der Waals surface area contributed by atoms with Crippen molar-refractivity contribution in [3.63, 3.8) is 0 Å². The van der Waals surface area contributed by atoms with E-state index in [-0.39, 0.29) is 5.91 Å². The van der Waals surface area contributed by atoms with Gasteiger partial charge in [0.15, 0.2) is 5.13 Å². The van der Waals surface area contributed by atoms with Crippen molar-refractivity contribution in [1.29, 1.82) is 0 Å². The van der Waals surface area contributed by atoms with Crippen LogP contribution in [0.15, 0.2) is 52.4 Å². The molecule has 146 valence electrons. The van der Waals surface area contributed by atoms with Gasteiger partial charge < -0.3 is 4.52 Å². The van der Waals surface area contributed by atoms with Gasteiger partial charge in [-0.2, -0.15) is 0 Å². The molecule has 0 atom stereocenters. The Bertz CT molecular complexity index is 1170. The van der Waals surface area contributed by atoms with Crippen LogP contribution in [0.4, 0.5) is 5.13 Å². The van der Waals surface area contributed by atoms with Crippen LogP contribution in [-0.4, -0.2) is 16.0 Å². The number of hydrogen-bond donors (Lipinski definition) is 1. The summed E-state index contributed by atoms with van der Waals surface area (Å²) in [4.78, 5) is 17.6. The molecule has 0 aliphatic heterocycles. The number of aromatic nitrogens is 2. The molecule has 6 heteroatoms. The molecule has 1 N–H and O–H groups in total. The lowest BCUT2D eigenvalue weighted by atomic mass is 9.98. The quantitative estimate of drug-likeness (QED) is 0.457. The number of carbonyl (C=O) groups excluding carboxylic acids is 1. The maximum absolute atomic E-state index is 13.0. The molecule has 0 unspecified atom stereocenters. The molecule has 0 spiro atoms. The molecule has 4 rings (SSSR count). The molecule has 1 amide bonds. The van der Waals surface area contributed by atoms with Crippen LogP contribution < -0.4 is 5.32 Å². The van der Waals surface area contributed by atoms with Gasteiger partial charge in [0, 0.05) is 16.5 Å². The van der Waals surface area contributed by atoms with Crippen molar-refractivity contribution >= 4 is 22.4 Å². The zero-order valence-corrected chi connectivity index (χ0v) is 17.6. The molecule has 4 aromatic rings. The fourth-order valence-electron chi connectivity index (χ4n) is 3.62. The number of amides is 1. The number of anilines is 1. The Labute approximate surface area is 173 Å². The van der Waals surface area contributed by atoms with Gasteiger partial charge in [-0.05, 0) is 38.8 Å². The number of nitrogens with zero attached hydrogens (tertiary/aromatic N) is 2. The van der Waals surface area contributed by atoms with Gasteiger partial charge in [0.25, 0.3) is 5.91 Å². The summed E-state index contributed by atoms with van der Waals surface area (Å²) in [7, 11) is 0. The fourth-order valence-corrected chi connectivity index (χ4v) is 4.32. The zero-order chi connectivity index (χ0) is 20.5. The molecular formula is C23H21N3O2S. The summed E-state index contributed by atoms with van der Waals surface area (Å²) in [5.41, 5.74) is 7.34. The largest absolute Gasteiger partial charge is 0.360 e. The minimum Gasteiger partial charge on any atom is -0.360 e. The first-order valence-corrected chi connectivity index (χ1v) is 10.2. The molecule has 0 aliphatic carbocycles. The third-order valence-corrected chi connectivity index (χ3v) is 5.55. The highest BCUT2D eigenvalue weighted by Crippen LogP contribution is 2.32. The van der Waals surface area contributed by atoms with Crippen LogP contribution in [0.2, 0.25) is 0 Å². The molecule has 0 saturated heterocycles. The lowest BCUT2D eigenvalue weighted by Crippen LogP contribution is -2.13. The third kappa shape index (κ3) is 3.71. The van der Waals surface area contributed by atoms with E-state index in [4.69, 9.17) is 4.52 Å². The normalized spacial score (nSPS) is 10.9. The van der Waals surface area contributed by atoms with E-state index in [1.165, 1.54) is 28.0 Å². The Morgan fingerprint density at radius 1 is 1.03 bits per heavy atom. The molecule has 2 aromatic carbocycles. The van der Waals surface area contributed by atoms with Gasteiger partial charge in [-0.3, -0.25) is 10.1 Å². The summed E-state index contributed by atoms with van der Waals surface area (Å²) in [5.74, 6) is 0.198. The molecule has 0 aliphatic rings. The number of hydrogen-bond acceptors (Lipinski definition) is 5. The number of rotatable bonds is 4. The predicted octanol–water partition coefficient (Wildman–Crippen LogP) is 5.95. The Morgan fingerprint density at radius 2 is 1.72 bits per heavy atom. The average Bonchev–Trinajstić information content (AvgIpc) is 3.28. The van der Waals surface area contributed by atoms with E-state index in [9.17, 15) is 4.79 Å². The van der Waals surface area contributed by atoms with Crippen LogP contribution in [0.1, 0.15) is 32.8 Å². The SMILES string of the molecule is Cc1cc(C)c(-c2csc(NC(=O)c3c(-c4ccccc4)noc3C)n2)c(C)c1. The van der Waals surface area contributed by atoms with Crippen molar-refractivity contribution in [1.82, 2.24) is 10.1 Å². The number of nitrogens with one attached hydrogen (secondary N) is 1. The first-order chi connectivity index (χ1) is 13.9. The second kappa shape index (κ2) is 7.64. The van der Waals surface area contributed by atoms with E-state index >= 15 is 0 Å². The highest BCUT2D eigenvalue weighted by molar-refractivity contribution is 7.14. The second-order valence-electron chi connectivity index (χ2n) is 7.09. The Hall–Kier alpha value is -3.25. The summed E-state index contributed by atoms with van der Waals surface area (Å²) < 4.78 is 5.30. The zero-order valence-electron chi connectivity index (χ0n) is 16.7. The first kappa shape index (κ1) is 19.1. The summed E-state index contributed by atoms with van der Waals surface area (Å²) in [6.45, 7) is 7.99. The van der Waals surface area contributed by atoms with Gasteiger partial charge in [0.05, 0.1) is 5.69 Å². The number of thiazole rings is 1. The van der Waals surface area contributed by atoms with E-state index in [1.807, 2.05) is 35.7 Å². The lowest BCUT2D eigenvalue weighted by Gasteiger charge is -2.08. The molecule has 0 fully saturated rings. The van der Waals surface area contributed by atoms with E-state index in [0.717, 1.165) is 16.8 Å². The molecule has 5 nitrogen and oxygen atoms in total. The van der Waals surface area contributed by atoms with Crippen molar-refractivity contribution in [3.05, 3.63) is 75.9 Å². The summed E-state index contributed by atoms with van der Waals surface area (Å²) >= 11 is 1.41. The monoisotopic (exact) mass is 403 g/mol. The van der Waals surface area contributed by atoms with Crippen LogP contribution in [-0.2, 0) is 0 Å². The Kier molecular flexibility index (Phi) is 5.03. The molecule has 0 radical (unpaired) electrons. The third-order valence-electron chi connectivity index (χ3n) is 4.79. The van der Waals surface area contributed by atoms with Gasteiger partial charge in [0.2, 0.25) is 0 Å². The van der Waals surface area contributed by atoms with Crippen LogP contribution in [0.25, 0.3) is 22.5 Å². The van der Waals surface area contributed by atoms with Crippen molar-refractivity contribution in [2.75, 3.05) is 5.32 Å². The lowest BCUT2D eigenvalue weighted by molar-refractivity contribution is 0.102. The first-order valence-electron chi connectivity index (χ1n) is 9.31. The van der Waals surface area contributed by atoms with Crippen LogP contribution in [0.5, 0.6) is 0 Å². The summed E-state index contributed by atoms with van der Waals surface area (Å²) in [6.07, 6.45) is 0. The smallest absolute Gasteiger partial charge is 0.263 e. The topological polar surface area (TPSA) is 68.0 Å². The number of aryl methyl sites for hydroxylation is 4. The van der Waals surface area contributed by atoms with Crippen molar-refractivity contribution in [2.24, 2.45) is 0 Å². The Balaban J connectivity index is 1.63. The molecule has 2 aromatic heterocycles. The number of benzene rings is 2. The van der Waals surface area contributed by atoms with Crippen molar-refractivity contribution in [3.8, 4) is 22.5 Å². The van der Waals surface area contributed by atoms with E-state index in [0.29, 0.717) is 22.1 Å². The van der Waals surface area contributed by atoms with Crippen LogP contribution in [0.3, 0.4) is 0 Å². The number of carbonyl (C=O) groups is 1. The van der Waals surface area contributed by atoms with Crippen LogP contribution >= 0.6 is 11.3 Å². The standard InChI is InChI=1S/C23H21N3O2S/c1-13-10-14(2)19(15(3)11-13)18-12-29-23(24-18)25-22(27)20-16(4)28-26-21(20)17-8-6-5-7-9-17/h5-12H,1-4H3,(H,24,25,27). The van der Waals surface area contributed by atoms with E-state index in [2.05, 4.69) is 48.4 Å². The average molecular weight is 404 g/mol. The van der Waals surface area contributed by atoms with Gasteiger partial charge in [0.1, 0.15) is 17.0 Å². The highest BCUT2D eigenvalue weighted by atomic mass is 32.1. The minimum absolute atomic E-state index is 0.277. The molecule has 2 heterocycles. The molecule has 0 bridgehead atoms. The maximum Gasteiger partial charge on any atom is 0.263 e. The van der Waals surface area contributed by atoms with Gasteiger partial charge in [-0.1, -0.05) is 53.2 Å². The predicted molar refractivity (Wildman–Crippen MR) is 116 cm³/mol. The van der Waals surface area contributed by atoms with Gasteiger partial charge in [-0.15, -0.1) is 11.3 Å². The Morgan fingerprint density at radius 3 is 2.41 bits per heavy atom. The molecule has 0 saturated carbocycles. The van der Waals surface area contributed by atoms with E-state index < -0.39 is 0 Å². The summed E-state index contributed by atoms with van der Waals surface area (Å²) in [5, 5.41) is 9.50.